The number of nitrogens with two attached hydrogens (primary N) is 1. The van der Waals surface area contributed by atoms with Crippen LogP contribution < -0.4 is 10.5 Å². The minimum Gasteiger partial charge on any atom is -0.366 e. The number of amides is 2. The molecule has 0 saturated carbocycles. The smallest absolute Gasteiger partial charge is 0.254 e. The van der Waals surface area contributed by atoms with E-state index in [1.165, 1.54) is 17.0 Å². The molecule has 2 aromatic rings. The van der Waals surface area contributed by atoms with E-state index in [1.54, 1.807) is 65.1 Å². The number of nitrogens with zero attached hydrogens (tertiary/aromatic N) is 1. The van der Waals surface area contributed by atoms with Crippen molar-refractivity contribution < 1.29 is 18.0 Å². The van der Waals surface area contributed by atoms with Crippen LogP contribution in [0.2, 0.25) is 0 Å². The first-order chi connectivity index (χ1) is 13.3. The highest BCUT2D eigenvalue weighted by molar-refractivity contribution is 7.89. The third kappa shape index (κ3) is 5.88. The summed E-state index contributed by atoms with van der Waals surface area (Å²) in [7, 11) is -2.14. The Labute approximate surface area is 172 Å². The number of hydrogen-bond donors (Lipinski definition) is 2. The molecule has 0 aliphatic rings. The van der Waals surface area contributed by atoms with Crippen molar-refractivity contribution in [2.75, 3.05) is 7.05 Å². The Morgan fingerprint density at radius 1 is 1.10 bits per heavy atom. The zero-order valence-corrected chi connectivity index (χ0v) is 18.1. The maximum absolute atomic E-state index is 13.0. The summed E-state index contributed by atoms with van der Waals surface area (Å²) in [5.74, 6) is -0.860. The number of sulfonamides is 1. The summed E-state index contributed by atoms with van der Waals surface area (Å²) in [5, 5.41) is 0. The van der Waals surface area contributed by atoms with Gasteiger partial charge in [-0.2, -0.15) is 0 Å². The second-order valence-electron chi connectivity index (χ2n) is 8.06. The molecule has 2 amide bonds. The van der Waals surface area contributed by atoms with Gasteiger partial charge in [0.2, 0.25) is 15.9 Å². The molecule has 0 radical (unpaired) electrons. The third-order valence-corrected chi connectivity index (χ3v) is 5.92. The highest BCUT2D eigenvalue weighted by atomic mass is 32.2. The van der Waals surface area contributed by atoms with Gasteiger partial charge in [0.15, 0.2) is 0 Å². The van der Waals surface area contributed by atoms with Gasteiger partial charge in [-0.15, -0.1) is 0 Å². The lowest BCUT2D eigenvalue weighted by Crippen LogP contribution is -2.40. The van der Waals surface area contributed by atoms with E-state index < -0.39 is 21.5 Å². The Kier molecular flexibility index (Phi) is 6.50. The second-order valence-corrected chi connectivity index (χ2v) is 9.74. The van der Waals surface area contributed by atoms with Crippen LogP contribution in [0.25, 0.3) is 0 Å². The van der Waals surface area contributed by atoms with Crippen molar-refractivity contribution in [1.29, 1.82) is 0 Å². The molecule has 29 heavy (non-hydrogen) atoms. The molecule has 8 heteroatoms. The summed E-state index contributed by atoms with van der Waals surface area (Å²) in [4.78, 5) is 25.8. The molecular weight excluding hydrogens is 390 g/mol. The van der Waals surface area contributed by atoms with Gasteiger partial charge in [-0.1, -0.05) is 18.2 Å². The van der Waals surface area contributed by atoms with Crippen molar-refractivity contribution in [2.24, 2.45) is 5.73 Å². The standard InChI is InChI=1S/C21H27N3O4S/c1-14-9-10-17(29(27,28)23-21(2,3)4)12-18(14)20(26)24(5)13-15-7-6-8-16(11-15)19(22)25/h6-12,23H,13H2,1-5H3,(H2,22,25). The normalized spacial score (nSPS) is 11.9. The van der Waals surface area contributed by atoms with Crippen LogP contribution in [0.15, 0.2) is 47.4 Å². The van der Waals surface area contributed by atoms with E-state index in [2.05, 4.69) is 4.72 Å². The molecule has 0 saturated heterocycles. The van der Waals surface area contributed by atoms with Crippen LogP contribution in [0.4, 0.5) is 0 Å². The van der Waals surface area contributed by atoms with Crippen LogP contribution in [-0.2, 0) is 16.6 Å². The quantitative estimate of drug-likeness (QED) is 0.752. The molecule has 0 aliphatic heterocycles. The van der Waals surface area contributed by atoms with Gasteiger partial charge in [0.1, 0.15) is 0 Å². The monoisotopic (exact) mass is 417 g/mol. The van der Waals surface area contributed by atoms with Crippen LogP contribution in [-0.4, -0.2) is 37.7 Å². The molecule has 0 unspecified atom stereocenters. The molecule has 7 nitrogen and oxygen atoms in total. The predicted molar refractivity (Wildman–Crippen MR) is 112 cm³/mol. The Bertz CT molecular complexity index is 1040. The van der Waals surface area contributed by atoms with E-state index in [9.17, 15) is 18.0 Å². The molecule has 0 fully saturated rings. The molecule has 3 N–H and O–H groups in total. The molecule has 0 spiro atoms. The Morgan fingerprint density at radius 2 is 1.76 bits per heavy atom. The minimum atomic E-state index is -3.76. The Morgan fingerprint density at radius 3 is 2.34 bits per heavy atom. The van der Waals surface area contributed by atoms with E-state index in [-0.39, 0.29) is 17.3 Å². The van der Waals surface area contributed by atoms with Gasteiger partial charge in [0.25, 0.3) is 5.91 Å². The average Bonchev–Trinajstić information content (AvgIpc) is 2.59. The fourth-order valence-electron chi connectivity index (χ4n) is 2.83. The summed E-state index contributed by atoms with van der Waals surface area (Å²) in [6.07, 6.45) is 0. The van der Waals surface area contributed by atoms with Gasteiger partial charge in [-0.3, -0.25) is 9.59 Å². The van der Waals surface area contributed by atoms with Crippen molar-refractivity contribution in [1.82, 2.24) is 9.62 Å². The Balaban J connectivity index is 2.30. The third-order valence-electron chi connectivity index (χ3n) is 4.17. The first-order valence-corrected chi connectivity index (χ1v) is 10.6. The lowest BCUT2D eigenvalue weighted by Gasteiger charge is -2.22. The fraction of sp³-hybridized carbons (Fsp3) is 0.333. The number of rotatable bonds is 6. The zero-order valence-electron chi connectivity index (χ0n) is 17.3. The molecule has 2 rings (SSSR count). The molecule has 0 aliphatic carbocycles. The molecule has 0 heterocycles. The molecule has 0 aromatic heterocycles. The van der Waals surface area contributed by atoms with Crippen molar-refractivity contribution in [3.63, 3.8) is 0 Å². The van der Waals surface area contributed by atoms with Crippen molar-refractivity contribution >= 4 is 21.8 Å². The van der Waals surface area contributed by atoms with Crippen LogP contribution >= 0.6 is 0 Å². The summed E-state index contributed by atoms with van der Waals surface area (Å²) in [6, 6.07) is 11.2. The molecule has 0 atom stereocenters. The number of carbonyl (C=O) groups is 2. The predicted octanol–water partition coefficient (Wildman–Crippen LogP) is 2.44. The number of nitrogens with one attached hydrogen (secondary N) is 1. The van der Waals surface area contributed by atoms with Gasteiger partial charge in [-0.25, -0.2) is 13.1 Å². The molecule has 0 bridgehead atoms. The highest BCUT2D eigenvalue weighted by Crippen LogP contribution is 2.20. The topological polar surface area (TPSA) is 110 Å². The van der Waals surface area contributed by atoms with E-state index in [0.717, 1.165) is 5.56 Å². The zero-order chi connectivity index (χ0) is 22.0. The lowest BCUT2D eigenvalue weighted by molar-refractivity contribution is 0.0784. The summed E-state index contributed by atoms with van der Waals surface area (Å²) in [5.41, 5.74) is 6.74. The van der Waals surface area contributed by atoms with Crippen molar-refractivity contribution in [2.45, 2.75) is 44.7 Å². The van der Waals surface area contributed by atoms with Crippen LogP contribution in [0.3, 0.4) is 0 Å². The summed E-state index contributed by atoms with van der Waals surface area (Å²) < 4.78 is 27.8. The summed E-state index contributed by atoms with van der Waals surface area (Å²) in [6.45, 7) is 7.25. The fourth-order valence-corrected chi connectivity index (χ4v) is 4.28. The maximum atomic E-state index is 13.0. The lowest BCUT2D eigenvalue weighted by atomic mass is 10.1. The first kappa shape index (κ1) is 22.6. The van der Waals surface area contributed by atoms with Gasteiger partial charge < -0.3 is 10.6 Å². The number of benzene rings is 2. The average molecular weight is 418 g/mol. The van der Waals surface area contributed by atoms with Crippen LogP contribution in [0, 0.1) is 6.92 Å². The van der Waals surface area contributed by atoms with E-state index >= 15 is 0 Å². The number of primary amides is 1. The highest BCUT2D eigenvalue weighted by Gasteiger charge is 2.24. The number of aryl methyl sites for hydroxylation is 1. The summed E-state index contributed by atoms with van der Waals surface area (Å²) >= 11 is 0. The second kappa shape index (κ2) is 8.34. The first-order valence-electron chi connectivity index (χ1n) is 9.09. The number of carbonyl (C=O) groups excluding carboxylic acids is 2. The van der Waals surface area contributed by atoms with Gasteiger partial charge in [0.05, 0.1) is 4.90 Å². The van der Waals surface area contributed by atoms with Gasteiger partial charge >= 0.3 is 0 Å². The van der Waals surface area contributed by atoms with Crippen LogP contribution in [0.5, 0.6) is 0 Å². The SMILES string of the molecule is Cc1ccc(S(=O)(=O)NC(C)(C)C)cc1C(=O)N(C)Cc1cccc(C(N)=O)c1. The van der Waals surface area contributed by atoms with Crippen molar-refractivity contribution in [3.05, 3.63) is 64.7 Å². The van der Waals surface area contributed by atoms with E-state index in [1.807, 2.05) is 0 Å². The van der Waals surface area contributed by atoms with E-state index in [0.29, 0.717) is 16.7 Å². The molecule has 156 valence electrons. The van der Waals surface area contributed by atoms with Crippen LogP contribution in [0.1, 0.15) is 52.6 Å². The van der Waals surface area contributed by atoms with Gasteiger partial charge in [0, 0.05) is 30.3 Å². The maximum Gasteiger partial charge on any atom is 0.254 e. The largest absolute Gasteiger partial charge is 0.366 e. The molecule has 2 aromatic carbocycles. The number of hydrogen-bond acceptors (Lipinski definition) is 4. The Hall–Kier alpha value is -2.71. The van der Waals surface area contributed by atoms with Gasteiger partial charge in [-0.05, 0) is 63.1 Å². The van der Waals surface area contributed by atoms with E-state index in [4.69, 9.17) is 5.73 Å². The minimum absolute atomic E-state index is 0.0329. The van der Waals surface area contributed by atoms with Crippen molar-refractivity contribution in [3.8, 4) is 0 Å². The molecular formula is C21H27N3O4S.